The predicted octanol–water partition coefficient (Wildman–Crippen LogP) is 2.44. The van der Waals surface area contributed by atoms with Gasteiger partial charge in [-0.1, -0.05) is 13.8 Å². The SMILES string of the molecule is CC(C)c1cc2c(NCC3CCCO3)nccn2n1. The molecule has 0 radical (unpaired) electrons. The molecule has 0 bridgehead atoms. The number of aromatic nitrogens is 3. The zero-order valence-corrected chi connectivity index (χ0v) is 11.5. The molecule has 1 aliphatic heterocycles. The maximum atomic E-state index is 5.62. The zero-order valence-electron chi connectivity index (χ0n) is 11.5. The van der Waals surface area contributed by atoms with Gasteiger partial charge >= 0.3 is 0 Å². The molecule has 1 atom stereocenters. The second-order valence-corrected chi connectivity index (χ2v) is 5.35. The molecule has 102 valence electrons. The molecule has 5 heteroatoms. The summed E-state index contributed by atoms with van der Waals surface area (Å²) in [6.07, 6.45) is 6.27. The van der Waals surface area contributed by atoms with Crippen molar-refractivity contribution >= 4 is 11.3 Å². The maximum absolute atomic E-state index is 5.62. The Labute approximate surface area is 113 Å². The molecule has 0 spiro atoms. The first kappa shape index (κ1) is 12.4. The molecule has 3 heterocycles. The molecular weight excluding hydrogens is 240 g/mol. The van der Waals surface area contributed by atoms with Gasteiger partial charge in [-0.2, -0.15) is 5.10 Å². The van der Waals surface area contributed by atoms with Gasteiger partial charge in [-0.25, -0.2) is 9.50 Å². The van der Waals surface area contributed by atoms with E-state index < -0.39 is 0 Å². The Hall–Kier alpha value is -1.62. The normalized spacial score (nSPS) is 19.4. The van der Waals surface area contributed by atoms with E-state index in [2.05, 4.69) is 35.3 Å². The number of hydrogen-bond acceptors (Lipinski definition) is 4. The Bertz CT molecular complexity index is 558. The molecule has 19 heavy (non-hydrogen) atoms. The van der Waals surface area contributed by atoms with Gasteiger partial charge in [0.25, 0.3) is 0 Å². The first-order chi connectivity index (χ1) is 9.24. The molecule has 1 saturated heterocycles. The standard InChI is InChI=1S/C14H20N4O/c1-10(2)12-8-13-14(15-5-6-18(13)17-12)16-9-11-4-3-7-19-11/h5-6,8,10-11H,3-4,7,9H2,1-2H3,(H,15,16). The molecule has 0 aliphatic carbocycles. The molecule has 1 fully saturated rings. The largest absolute Gasteiger partial charge is 0.376 e. The summed E-state index contributed by atoms with van der Waals surface area (Å²) in [6.45, 7) is 5.99. The average Bonchev–Trinajstić information content (AvgIpc) is 3.05. The third-order valence-corrected chi connectivity index (χ3v) is 3.52. The molecule has 1 N–H and O–H groups in total. The number of anilines is 1. The van der Waals surface area contributed by atoms with Crippen LogP contribution in [0.3, 0.4) is 0 Å². The van der Waals surface area contributed by atoms with Crippen LogP contribution in [-0.2, 0) is 4.74 Å². The van der Waals surface area contributed by atoms with Crippen molar-refractivity contribution in [2.75, 3.05) is 18.5 Å². The van der Waals surface area contributed by atoms with Crippen LogP contribution < -0.4 is 5.32 Å². The van der Waals surface area contributed by atoms with Crippen LogP contribution in [0.15, 0.2) is 18.5 Å². The van der Waals surface area contributed by atoms with E-state index in [-0.39, 0.29) is 0 Å². The summed E-state index contributed by atoms with van der Waals surface area (Å²) in [5.74, 6) is 1.31. The number of ether oxygens (including phenoxy) is 1. The third kappa shape index (κ3) is 2.56. The number of hydrogen-bond donors (Lipinski definition) is 1. The summed E-state index contributed by atoms with van der Waals surface area (Å²) in [5, 5.41) is 7.94. The Balaban J connectivity index is 1.81. The van der Waals surface area contributed by atoms with E-state index in [4.69, 9.17) is 4.74 Å². The molecule has 0 aromatic carbocycles. The monoisotopic (exact) mass is 260 g/mol. The lowest BCUT2D eigenvalue weighted by Crippen LogP contribution is -2.19. The molecule has 1 unspecified atom stereocenters. The van der Waals surface area contributed by atoms with Gasteiger partial charge in [-0.3, -0.25) is 0 Å². The Morgan fingerprint density at radius 3 is 3.16 bits per heavy atom. The lowest BCUT2D eigenvalue weighted by Gasteiger charge is -2.11. The van der Waals surface area contributed by atoms with Crippen molar-refractivity contribution in [3.8, 4) is 0 Å². The van der Waals surface area contributed by atoms with E-state index >= 15 is 0 Å². The zero-order chi connectivity index (χ0) is 13.2. The van der Waals surface area contributed by atoms with Gasteiger partial charge in [-0.05, 0) is 24.8 Å². The van der Waals surface area contributed by atoms with Crippen LogP contribution in [0, 0.1) is 0 Å². The van der Waals surface area contributed by atoms with Crippen LogP contribution in [0.5, 0.6) is 0 Å². The van der Waals surface area contributed by atoms with Gasteiger partial charge in [0.15, 0.2) is 5.82 Å². The van der Waals surface area contributed by atoms with E-state index in [9.17, 15) is 0 Å². The van der Waals surface area contributed by atoms with E-state index in [1.54, 1.807) is 6.20 Å². The maximum Gasteiger partial charge on any atom is 0.152 e. The minimum atomic E-state index is 0.314. The second kappa shape index (κ2) is 5.17. The average molecular weight is 260 g/mol. The van der Waals surface area contributed by atoms with E-state index in [0.717, 1.165) is 43.0 Å². The van der Waals surface area contributed by atoms with Crippen molar-refractivity contribution in [2.45, 2.75) is 38.7 Å². The van der Waals surface area contributed by atoms with Gasteiger partial charge in [0.2, 0.25) is 0 Å². The molecule has 2 aromatic heterocycles. The minimum Gasteiger partial charge on any atom is -0.376 e. The van der Waals surface area contributed by atoms with Crippen LogP contribution in [0.2, 0.25) is 0 Å². The topological polar surface area (TPSA) is 51.5 Å². The molecule has 0 amide bonds. The van der Waals surface area contributed by atoms with Crippen LogP contribution in [0.25, 0.3) is 5.52 Å². The summed E-state index contributed by atoms with van der Waals surface area (Å²) < 4.78 is 7.51. The van der Waals surface area contributed by atoms with Gasteiger partial charge in [0, 0.05) is 25.5 Å². The molecular formula is C14H20N4O. The van der Waals surface area contributed by atoms with E-state index in [1.807, 2.05) is 10.7 Å². The van der Waals surface area contributed by atoms with Crippen LogP contribution in [-0.4, -0.2) is 33.9 Å². The number of nitrogens with zero attached hydrogens (tertiary/aromatic N) is 3. The van der Waals surface area contributed by atoms with Crippen molar-refractivity contribution in [1.29, 1.82) is 0 Å². The summed E-state index contributed by atoms with van der Waals surface area (Å²) in [5.41, 5.74) is 2.12. The fourth-order valence-corrected chi connectivity index (χ4v) is 2.38. The summed E-state index contributed by atoms with van der Waals surface area (Å²) in [7, 11) is 0. The highest BCUT2D eigenvalue weighted by Gasteiger charge is 2.16. The van der Waals surface area contributed by atoms with Crippen LogP contribution in [0.4, 0.5) is 5.82 Å². The molecule has 1 aliphatic rings. The minimum absolute atomic E-state index is 0.314. The van der Waals surface area contributed by atoms with E-state index in [1.165, 1.54) is 0 Å². The Morgan fingerprint density at radius 1 is 1.53 bits per heavy atom. The van der Waals surface area contributed by atoms with Gasteiger partial charge in [-0.15, -0.1) is 0 Å². The third-order valence-electron chi connectivity index (χ3n) is 3.52. The quantitative estimate of drug-likeness (QED) is 0.917. The highest BCUT2D eigenvalue weighted by Crippen LogP contribution is 2.20. The van der Waals surface area contributed by atoms with Crippen LogP contribution in [0.1, 0.15) is 38.3 Å². The lowest BCUT2D eigenvalue weighted by molar-refractivity contribution is 0.120. The van der Waals surface area contributed by atoms with Crippen molar-refractivity contribution in [1.82, 2.24) is 14.6 Å². The van der Waals surface area contributed by atoms with Crippen molar-refractivity contribution in [3.05, 3.63) is 24.2 Å². The van der Waals surface area contributed by atoms with Crippen molar-refractivity contribution in [2.24, 2.45) is 0 Å². The van der Waals surface area contributed by atoms with Crippen molar-refractivity contribution < 1.29 is 4.74 Å². The second-order valence-electron chi connectivity index (χ2n) is 5.35. The van der Waals surface area contributed by atoms with Crippen molar-refractivity contribution in [3.63, 3.8) is 0 Å². The smallest absolute Gasteiger partial charge is 0.152 e. The number of nitrogens with one attached hydrogen (secondary N) is 1. The van der Waals surface area contributed by atoms with Gasteiger partial charge in [0.1, 0.15) is 5.52 Å². The molecule has 5 nitrogen and oxygen atoms in total. The lowest BCUT2D eigenvalue weighted by atomic mass is 10.1. The van der Waals surface area contributed by atoms with Gasteiger partial charge < -0.3 is 10.1 Å². The van der Waals surface area contributed by atoms with E-state index in [0.29, 0.717) is 12.0 Å². The predicted molar refractivity (Wildman–Crippen MR) is 74.5 cm³/mol. The fourth-order valence-electron chi connectivity index (χ4n) is 2.38. The summed E-state index contributed by atoms with van der Waals surface area (Å²) in [6, 6.07) is 2.11. The highest BCUT2D eigenvalue weighted by molar-refractivity contribution is 5.67. The first-order valence-electron chi connectivity index (χ1n) is 6.94. The Morgan fingerprint density at radius 2 is 2.42 bits per heavy atom. The number of fused-ring (bicyclic) bond motifs is 1. The van der Waals surface area contributed by atoms with Crippen LogP contribution >= 0.6 is 0 Å². The summed E-state index contributed by atoms with van der Waals surface area (Å²) >= 11 is 0. The molecule has 3 rings (SSSR count). The highest BCUT2D eigenvalue weighted by atomic mass is 16.5. The molecule has 2 aromatic rings. The fraction of sp³-hybridized carbons (Fsp3) is 0.571. The Kier molecular flexibility index (Phi) is 3.38. The molecule has 0 saturated carbocycles. The number of rotatable bonds is 4. The van der Waals surface area contributed by atoms with Gasteiger partial charge in [0.05, 0.1) is 11.8 Å². The summed E-state index contributed by atoms with van der Waals surface area (Å²) in [4.78, 5) is 4.41. The first-order valence-corrected chi connectivity index (χ1v) is 6.94.